The molecule has 6 rings (SSSR count). The van der Waals surface area contributed by atoms with Crippen LogP contribution < -0.4 is 10.5 Å². The number of pyridine rings is 1. The normalized spacial score (nSPS) is 16.6. The second-order valence-corrected chi connectivity index (χ2v) is 10.9. The molecule has 1 fully saturated rings. The number of rotatable bonds is 5. The van der Waals surface area contributed by atoms with Gasteiger partial charge in [0.05, 0.1) is 25.0 Å². The van der Waals surface area contributed by atoms with Gasteiger partial charge in [-0.3, -0.25) is 0 Å². The van der Waals surface area contributed by atoms with Gasteiger partial charge < -0.3 is 20.1 Å². The third-order valence-corrected chi connectivity index (χ3v) is 8.79. The van der Waals surface area contributed by atoms with Crippen LogP contribution in [0.1, 0.15) is 40.2 Å². The Morgan fingerprint density at radius 2 is 1.90 bits per heavy atom. The lowest BCUT2D eigenvalue weighted by Gasteiger charge is -2.40. The fourth-order valence-corrected chi connectivity index (χ4v) is 6.62. The average molecular weight is 553 g/mol. The molecule has 0 amide bonds. The van der Waals surface area contributed by atoms with Crippen LogP contribution >= 0.6 is 11.3 Å². The van der Waals surface area contributed by atoms with E-state index in [1.54, 1.807) is 12.1 Å². The van der Waals surface area contributed by atoms with Crippen LogP contribution in [-0.2, 0) is 29.7 Å². The molecular weight excluding hydrogens is 525 g/mol. The number of ether oxygens (including phenoxy) is 2. The summed E-state index contributed by atoms with van der Waals surface area (Å²) in [5.74, 6) is 0.262. The molecule has 0 atom stereocenters. The highest BCUT2D eigenvalue weighted by atomic mass is 32.1. The van der Waals surface area contributed by atoms with Crippen LogP contribution in [0.25, 0.3) is 27.2 Å². The zero-order chi connectivity index (χ0) is 27.4. The van der Waals surface area contributed by atoms with Gasteiger partial charge in [-0.2, -0.15) is 13.2 Å². The summed E-state index contributed by atoms with van der Waals surface area (Å²) in [6.07, 6.45) is -2.88. The van der Waals surface area contributed by atoms with Crippen molar-refractivity contribution in [2.75, 3.05) is 20.2 Å². The Morgan fingerprint density at radius 3 is 2.62 bits per heavy atom. The molecule has 6 nitrogen and oxygen atoms in total. The van der Waals surface area contributed by atoms with Crippen molar-refractivity contribution in [2.45, 2.75) is 37.8 Å². The smallest absolute Gasteiger partial charge is 0.433 e. The van der Waals surface area contributed by atoms with Crippen LogP contribution in [0.15, 0.2) is 55.1 Å². The van der Waals surface area contributed by atoms with Gasteiger partial charge in [-0.15, -0.1) is 11.3 Å². The standard InChI is InChI=1S/C29H27F3N4O2S/c1-17(36-13-11-28(12-14-36)21-6-4-3-5-18(21)16-38-28)25-23(15-33)39-27(35-25)20-7-9-22(37-2)26-19(20)8-10-24(34-26)29(30,31)32/h3-10H,1,11-16,33H2,2H3. The molecule has 2 aromatic heterocycles. The van der Waals surface area contributed by atoms with E-state index in [9.17, 15) is 13.2 Å². The Balaban J connectivity index is 1.30. The summed E-state index contributed by atoms with van der Waals surface area (Å²) in [6, 6.07) is 14.2. The van der Waals surface area contributed by atoms with Crippen LogP contribution in [0.4, 0.5) is 13.2 Å². The number of methoxy groups -OCH3 is 1. The van der Waals surface area contributed by atoms with E-state index in [0.717, 1.165) is 42.6 Å². The molecule has 202 valence electrons. The number of piperidine rings is 1. The first-order chi connectivity index (χ1) is 18.7. The maximum Gasteiger partial charge on any atom is 0.433 e. The molecular formula is C29H27F3N4O2S. The van der Waals surface area contributed by atoms with Crippen molar-refractivity contribution in [1.29, 1.82) is 0 Å². The van der Waals surface area contributed by atoms with Gasteiger partial charge >= 0.3 is 6.18 Å². The number of nitrogens with two attached hydrogens (primary N) is 1. The van der Waals surface area contributed by atoms with Gasteiger partial charge in [0, 0.05) is 35.5 Å². The summed E-state index contributed by atoms with van der Waals surface area (Å²) in [5, 5.41) is 1.16. The van der Waals surface area contributed by atoms with Crippen molar-refractivity contribution < 1.29 is 22.6 Å². The van der Waals surface area contributed by atoms with Crippen LogP contribution in [0, 0.1) is 0 Å². The first-order valence-electron chi connectivity index (χ1n) is 12.7. The SMILES string of the molecule is C=C(c1nc(-c2ccc(OC)c3nc(C(F)(F)F)ccc23)sc1CN)N1CCC2(CC1)OCc1ccccc12. The zero-order valence-electron chi connectivity index (χ0n) is 21.3. The second-order valence-electron chi connectivity index (χ2n) is 9.77. The van der Waals surface area contributed by atoms with Crippen LogP contribution in [-0.4, -0.2) is 35.1 Å². The molecule has 0 radical (unpaired) electrons. The molecule has 2 aliphatic rings. The Morgan fingerprint density at radius 1 is 1.13 bits per heavy atom. The maximum atomic E-state index is 13.4. The maximum absolute atomic E-state index is 13.4. The van der Waals surface area contributed by atoms with Gasteiger partial charge in [-0.1, -0.05) is 30.8 Å². The van der Waals surface area contributed by atoms with Crippen LogP contribution in [0.3, 0.4) is 0 Å². The fraction of sp³-hybridized carbons (Fsp3) is 0.310. The number of likely N-dealkylation sites (tertiary alicyclic amines) is 1. The summed E-state index contributed by atoms with van der Waals surface area (Å²) < 4.78 is 51.7. The molecule has 4 aromatic rings. The van der Waals surface area contributed by atoms with E-state index in [1.165, 1.54) is 35.6 Å². The van der Waals surface area contributed by atoms with Crippen LogP contribution in [0.5, 0.6) is 5.75 Å². The minimum Gasteiger partial charge on any atom is -0.494 e. The van der Waals surface area contributed by atoms with Gasteiger partial charge in [0.15, 0.2) is 0 Å². The Bertz CT molecular complexity index is 1570. The molecule has 0 aliphatic carbocycles. The van der Waals surface area contributed by atoms with E-state index in [-0.39, 0.29) is 23.4 Å². The summed E-state index contributed by atoms with van der Waals surface area (Å²) in [5.41, 5.74) is 9.71. The number of aromatic nitrogens is 2. The quantitative estimate of drug-likeness (QED) is 0.312. The Hall–Kier alpha value is -3.47. The molecule has 4 heterocycles. The third-order valence-electron chi connectivity index (χ3n) is 7.68. The predicted octanol–water partition coefficient (Wildman–Crippen LogP) is 6.34. The van der Waals surface area contributed by atoms with Gasteiger partial charge in [-0.05, 0) is 48.2 Å². The number of hydrogen-bond donors (Lipinski definition) is 1. The summed E-state index contributed by atoms with van der Waals surface area (Å²) in [4.78, 5) is 11.9. The lowest BCUT2D eigenvalue weighted by atomic mass is 9.83. The largest absolute Gasteiger partial charge is 0.494 e. The van der Waals surface area contributed by atoms with E-state index >= 15 is 0 Å². The fourth-order valence-electron chi connectivity index (χ4n) is 5.62. The lowest BCUT2D eigenvalue weighted by molar-refractivity contribution is -0.140. The molecule has 0 unspecified atom stereocenters. The molecule has 10 heteroatoms. The average Bonchev–Trinajstić information content (AvgIpc) is 3.54. The number of alkyl halides is 3. The third kappa shape index (κ3) is 4.36. The first-order valence-corrected chi connectivity index (χ1v) is 13.5. The number of fused-ring (bicyclic) bond motifs is 3. The summed E-state index contributed by atoms with van der Waals surface area (Å²) >= 11 is 1.41. The van der Waals surface area contributed by atoms with Gasteiger partial charge in [0.2, 0.25) is 0 Å². The van der Waals surface area contributed by atoms with Gasteiger partial charge in [0.1, 0.15) is 27.7 Å². The molecule has 39 heavy (non-hydrogen) atoms. The predicted molar refractivity (Wildman–Crippen MR) is 145 cm³/mol. The lowest BCUT2D eigenvalue weighted by Crippen LogP contribution is -2.41. The van der Waals surface area contributed by atoms with E-state index in [0.29, 0.717) is 28.3 Å². The van der Waals surface area contributed by atoms with E-state index in [2.05, 4.69) is 34.7 Å². The number of thiazole rings is 1. The van der Waals surface area contributed by atoms with Crippen molar-refractivity contribution in [3.63, 3.8) is 0 Å². The highest BCUT2D eigenvalue weighted by Gasteiger charge is 2.43. The Labute approximate surface area is 227 Å². The molecule has 2 aromatic carbocycles. The van der Waals surface area contributed by atoms with Crippen molar-refractivity contribution in [2.24, 2.45) is 5.73 Å². The number of benzene rings is 2. The zero-order valence-corrected chi connectivity index (χ0v) is 22.2. The number of hydrogen-bond acceptors (Lipinski definition) is 7. The van der Waals surface area contributed by atoms with Crippen molar-refractivity contribution >= 4 is 27.9 Å². The first kappa shape index (κ1) is 25.8. The molecule has 1 spiro atoms. The monoisotopic (exact) mass is 552 g/mol. The highest BCUT2D eigenvalue weighted by Crippen LogP contribution is 2.46. The molecule has 0 bridgehead atoms. The van der Waals surface area contributed by atoms with E-state index in [4.69, 9.17) is 20.2 Å². The second kappa shape index (κ2) is 9.62. The minimum absolute atomic E-state index is 0.132. The molecule has 1 saturated heterocycles. The topological polar surface area (TPSA) is 73.5 Å². The molecule has 2 aliphatic heterocycles. The van der Waals surface area contributed by atoms with E-state index < -0.39 is 11.9 Å². The number of halogens is 3. The van der Waals surface area contributed by atoms with Crippen molar-refractivity contribution in [1.82, 2.24) is 14.9 Å². The Kier molecular flexibility index (Phi) is 6.36. The van der Waals surface area contributed by atoms with Gasteiger partial charge in [0.25, 0.3) is 0 Å². The van der Waals surface area contributed by atoms with E-state index in [1.807, 2.05) is 6.07 Å². The highest BCUT2D eigenvalue weighted by molar-refractivity contribution is 7.15. The summed E-state index contributed by atoms with van der Waals surface area (Å²) in [7, 11) is 1.41. The minimum atomic E-state index is -4.56. The molecule has 2 N–H and O–H groups in total. The van der Waals surface area contributed by atoms with Crippen molar-refractivity contribution in [3.05, 3.63) is 82.5 Å². The number of nitrogens with zero attached hydrogens (tertiary/aromatic N) is 3. The molecule has 0 saturated carbocycles. The summed E-state index contributed by atoms with van der Waals surface area (Å²) in [6.45, 7) is 6.80. The van der Waals surface area contributed by atoms with Gasteiger partial charge in [-0.25, -0.2) is 9.97 Å². The van der Waals surface area contributed by atoms with Crippen LogP contribution in [0.2, 0.25) is 0 Å². The van der Waals surface area contributed by atoms with Crippen molar-refractivity contribution in [3.8, 4) is 16.3 Å².